The van der Waals surface area contributed by atoms with Crippen LogP contribution in [-0.4, -0.2) is 37.2 Å². The Labute approximate surface area is 356 Å². The summed E-state index contributed by atoms with van der Waals surface area (Å²) in [5.74, 6) is -0.952. The first kappa shape index (κ1) is 54.6. The Morgan fingerprint density at radius 2 is 0.707 bits per heavy atom. The zero-order valence-electron chi connectivity index (χ0n) is 37.5. The fourth-order valence-electron chi connectivity index (χ4n) is 6.09. The van der Waals surface area contributed by atoms with Crippen molar-refractivity contribution in [3.8, 4) is 0 Å². The van der Waals surface area contributed by atoms with Crippen molar-refractivity contribution in [2.75, 3.05) is 13.2 Å². The molecule has 0 bridgehead atoms. The van der Waals surface area contributed by atoms with Crippen LogP contribution in [0.3, 0.4) is 0 Å². The van der Waals surface area contributed by atoms with Crippen LogP contribution in [-0.2, 0) is 28.6 Å². The van der Waals surface area contributed by atoms with E-state index in [2.05, 4.69) is 106 Å². The second-order valence-corrected chi connectivity index (χ2v) is 15.3. The summed E-state index contributed by atoms with van der Waals surface area (Å²) in [6.45, 7) is 6.37. The number of allylic oxidation sites excluding steroid dienone is 14. The minimum Gasteiger partial charge on any atom is -0.462 e. The van der Waals surface area contributed by atoms with Gasteiger partial charge in [0.15, 0.2) is 6.10 Å². The molecular formula is C52H86O6. The first-order chi connectivity index (χ1) is 28.5. The Balaban J connectivity index is 4.40. The lowest BCUT2D eigenvalue weighted by atomic mass is 10.1. The van der Waals surface area contributed by atoms with E-state index < -0.39 is 6.10 Å². The highest BCUT2D eigenvalue weighted by Crippen LogP contribution is 2.13. The standard InChI is InChI=1S/C52H86O6/c1-4-7-10-13-16-19-21-23-24-25-26-27-28-30-31-33-36-39-42-45-51(54)57-48-49(47-56-50(53)44-41-38-35-18-15-12-9-6-3)58-52(55)46-43-40-37-34-32-29-22-20-17-14-11-8-5-2/h7,10-11,14,16,19-20,22-24,26-27,30-31,49H,4-6,8-9,12-13,15,17-18,21,25,28-29,32-48H2,1-3H3/b10-7-,14-11-,19-16-,22-20-,24-23-,27-26-,31-30-. The Kier molecular flexibility index (Phi) is 43.6. The number of rotatable bonds is 41. The van der Waals surface area contributed by atoms with E-state index in [1.807, 2.05) is 0 Å². The van der Waals surface area contributed by atoms with Crippen LogP contribution >= 0.6 is 0 Å². The van der Waals surface area contributed by atoms with E-state index >= 15 is 0 Å². The molecule has 330 valence electrons. The fraction of sp³-hybridized carbons (Fsp3) is 0.673. The topological polar surface area (TPSA) is 78.9 Å². The van der Waals surface area contributed by atoms with Gasteiger partial charge in [-0.1, -0.05) is 183 Å². The Morgan fingerprint density at radius 1 is 0.362 bits per heavy atom. The second-order valence-electron chi connectivity index (χ2n) is 15.3. The molecule has 0 rings (SSSR count). The molecule has 0 aliphatic carbocycles. The van der Waals surface area contributed by atoms with Crippen molar-refractivity contribution in [1.29, 1.82) is 0 Å². The monoisotopic (exact) mass is 807 g/mol. The van der Waals surface area contributed by atoms with Gasteiger partial charge in [-0.25, -0.2) is 0 Å². The lowest BCUT2D eigenvalue weighted by Crippen LogP contribution is -2.30. The van der Waals surface area contributed by atoms with Gasteiger partial charge in [0, 0.05) is 19.3 Å². The first-order valence-electron chi connectivity index (χ1n) is 23.6. The first-order valence-corrected chi connectivity index (χ1v) is 23.6. The molecule has 0 amide bonds. The van der Waals surface area contributed by atoms with Crippen molar-refractivity contribution >= 4 is 17.9 Å². The summed E-state index contributed by atoms with van der Waals surface area (Å²) in [5.41, 5.74) is 0. The molecule has 0 saturated carbocycles. The van der Waals surface area contributed by atoms with Crippen molar-refractivity contribution in [2.24, 2.45) is 0 Å². The second kappa shape index (κ2) is 46.3. The number of carbonyl (C=O) groups excluding carboxylic acids is 3. The molecule has 0 aromatic heterocycles. The largest absolute Gasteiger partial charge is 0.462 e. The maximum Gasteiger partial charge on any atom is 0.306 e. The van der Waals surface area contributed by atoms with Gasteiger partial charge in [0.25, 0.3) is 0 Å². The summed E-state index contributed by atoms with van der Waals surface area (Å²) in [6, 6.07) is 0. The van der Waals surface area contributed by atoms with Gasteiger partial charge < -0.3 is 14.2 Å². The SMILES string of the molecule is CC/C=C\C/C=C\C/C=C\C/C=C\C/C=C\CCCCCC(=O)OCC(COC(=O)CCCCCCCCCC)OC(=O)CCCCCCC/C=C\C/C=C\CCC. The van der Waals surface area contributed by atoms with Crippen LogP contribution < -0.4 is 0 Å². The van der Waals surface area contributed by atoms with Crippen molar-refractivity contribution in [3.05, 3.63) is 85.1 Å². The highest BCUT2D eigenvalue weighted by Gasteiger charge is 2.19. The van der Waals surface area contributed by atoms with E-state index in [-0.39, 0.29) is 31.1 Å². The van der Waals surface area contributed by atoms with Gasteiger partial charge in [-0.15, -0.1) is 0 Å². The molecule has 0 aromatic carbocycles. The van der Waals surface area contributed by atoms with E-state index in [1.165, 1.54) is 38.5 Å². The maximum atomic E-state index is 12.7. The van der Waals surface area contributed by atoms with Crippen molar-refractivity contribution in [1.82, 2.24) is 0 Å². The Hall–Kier alpha value is -3.41. The van der Waals surface area contributed by atoms with Crippen LogP contribution in [0.15, 0.2) is 85.1 Å². The summed E-state index contributed by atoms with van der Waals surface area (Å²) in [5, 5.41) is 0. The van der Waals surface area contributed by atoms with Gasteiger partial charge in [0.2, 0.25) is 0 Å². The minimum atomic E-state index is -0.794. The van der Waals surface area contributed by atoms with Crippen molar-refractivity contribution in [2.45, 2.75) is 213 Å². The molecule has 6 nitrogen and oxygen atoms in total. The van der Waals surface area contributed by atoms with Crippen molar-refractivity contribution < 1.29 is 28.6 Å². The summed E-state index contributed by atoms with van der Waals surface area (Å²) in [4.78, 5) is 37.7. The molecule has 1 atom stereocenters. The number of hydrogen-bond acceptors (Lipinski definition) is 6. The molecule has 0 spiro atoms. The Morgan fingerprint density at radius 3 is 1.14 bits per heavy atom. The average molecular weight is 807 g/mol. The molecule has 0 radical (unpaired) electrons. The molecular weight excluding hydrogens is 721 g/mol. The lowest BCUT2D eigenvalue weighted by molar-refractivity contribution is -0.167. The normalized spacial score (nSPS) is 12.8. The van der Waals surface area contributed by atoms with Gasteiger partial charge in [-0.3, -0.25) is 14.4 Å². The molecule has 0 aliphatic rings. The summed E-state index contributed by atoms with van der Waals surface area (Å²) < 4.78 is 16.7. The number of ether oxygens (including phenoxy) is 3. The molecule has 0 aliphatic heterocycles. The summed E-state index contributed by atoms with van der Waals surface area (Å²) >= 11 is 0. The molecule has 1 unspecified atom stereocenters. The van der Waals surface area contributed by atoms with E-state index in [0.29, 0.717) is 19.3 Å². The van der Waals surface area contributed by atoms with Crippen LogP contribution in [0.5, 0.6) is 0 Å². The quantitative estimate of drug-likeness (QED) is 0.0265. The minimum absolute atomic E-state index is 0.0932. The third-order valence-corrected chi connectivity index (χ3v) is 9.61. The van der Waals surface area contributed by atoms with E-state index in [0.717, 1.165) is 128 Å². The van der Waals surface area contributed by atoms with Crippen LogP contribution in [0.4, 0.5) is 0 Å². The number of carbonyl (C=O) groups is 3. The van der Waals surface area contributed by atoms with E-state index in [9.17, 15) is 14.4 Å². The van der Waals surface area contributed by atoms with Gasteiger partial charge >= 0.3 is 17.9 Å². The molecule has 0 saturated heterocycles. The molecule has 0 heterocycles. The predicted octanol–water partition coefficient (Wildman–Crippen LogP) is 15.3. The highest BCUT2D eigenvalue weighted by atomic mass is 16.6. The van der Waals surface area contributed by atoms with Crippen LogP contribution in [0.25, 0.3) is 0 Å². The van der Waals surface area contributed by atoms with Crippen LogP contribution in [0.1, 0.15) is 207 Å². The molecule has 6 heteroatoms. The highest BCUT2D eigenvalue weighted by molar-refractivity contribution is 5.71. The van der Waals surface area contributed by atoms with Crippen molar-refractivity contribution in [3.63, 3.8) is 0 Å². The average Bonchev–Trinajstić information content (AvgIpc) is 3.22. The van der Waals surface area contributed by atoms with E-state index in [4.69, 9.17) is 14.2 Å². The van der Waals surface area contributed by atoms with Gasteiger partial charge in [-0.2, -0.15) is 0 Å². The van der Waals surface area contributed by atoms with Crippen LogP contribution in [0, 0.1) is 0 Å². The van der Waals surface area contributed by atoms with Gasteiger partial charge in [0.05, 0.1) is 0 Å². The zero-order chi connectivity index (χ0) is 42.3. The van der Waals surface area contributed by atoms with E-state index in [1.54, 1.807) is 0 Å². The molecule has 0 fully saturated rings. The van der Waals surface area contributed by atoms with Gasteiger partial charge in [0.1, 0.15) is 13.2 Å². The number of unbranched alkanes of at least 4 members (excludes halogenated alkanes) is 16. The third-order valence-electron chi connectivity index (χ3n) is 9.61. The maximum absolute atomic E-state index is 12.7. The van der Waals surface area contributed by atoms with Crippen LogP contribution in [0.2, 0.25) is 0 Å². The number of hydrogen-bond donors (Lipinski definition) is 0. The smallest absolute Gasteiger partial charge is 0.306 e. The Bertz CT molecular complexity index is 1160. The lowest BCUT2D eigenvalue weighted by Gasteiger charge is -2.18. The molecule has 58 heavy (non-hydrogen) atoms. The number of esters is 3. The summed E-state index contributed by atoms with van der Waals surface area (Å²) in [6.07, 6.45) is 58.6. The molecule has 0 aromatic rings. The summed E-state index contributed by atoms with van der Waals surface area (Å²) in [7, 11) is 0. The molecule has 0 N–H and O–H groups in total. The third kappa shape index (κ3) is 43.7. The van der Waals surface area contributed by atoms with Gasteiger partial charge in [-0.05, 0) is 89.9 Å². The predicted molar refractivity (Wildman–Crippen MR) is 247 cm³/mol. The fourth-order valence-corrected chi connectivity index (χ4v) is 6.09. The zero-order valence-corrected chi connectivity index (χ0v) is 37.5.